The van der Waals surface area contributed by atoms with Crippen molar-refractivity contribution in [1.82, 2.24) is 19.3 Å². The van der Waals surface area contributed by atoms with Crippen LogP contribution in [0.2, 0.25) is 0 Å². The molecule has 0 amide bonds. The molecule has 4 rings (SSSR count). The molecule has 4 aromatic rings. The summed E-state index contributed by atoms with van der Waals surface area (Å²) >= 11 is 1.37. The predicted molar refractivity (Wildman–Crippen MR) is 110 cm³/mol. The van der Waals surface area contributed by atoms with Crippen molar-refractivity contribution in [3.05, 3.63) is 53.6 Å². The Bertz CT molecular complexity index is 1160. The molecule has 0 fully saturated rings. The Morgan fingerprint density at radius 1 is 1.29 bits per heavy atom. The first kappa shape index (κ1) is 18.1. The number of nitrogens with zero attached hydrogens (tertiary/aromatic N) is 3. The molecule has 142 valence electrons. The number of carbonyl (C=O) groups excluding carboxylic acids is 1. The third-order valence-electron chi connectivity index (χ3n) is 4.51. The van der Waals surface area contributed by atoms with E-state index in [0.29, 0.717) is 11.4 Å². The predicted octanol–water partition coefficient (Wildman–Crippen LogP) is 4.00. The van der Waals surface area contributed by atoms with Gasteiger partial charge in [0.2, 0.25) is 5.88 Å². The number of pyridine rings is 1. The highest BCUT2D eigenvalue weighted by atomic mass is 32.1. The first-order valence-electron chi connectivity index (χ1n) is 8.75. The highest BCUT2D eigenvalue weighted by Crippen LogP contribution is 2.28. The fourth-order valence-corrected chi connectivity index (χ4v) is 3.71. The smallest absolute Gasteiger partial charge is 0.238 e. The van der Waals surface area contributed by atoms with E-state index in [2.05, 4.69) is 24.6 Å². The quantitative estimate of drug-likeness (QED) is 0.481. The fourth-order valence-electron chi connectivity index (χ4n) is 3.04. The van der Waals surface area contributed by atoms with Crippen molar-refractivity contribution in [3.8, 4) is 16.5 Å². The van der Waals surface area contributed by atoms with Crippen LogP contribution in [-0.4, -0.2) is 38.8 Å². The maximum Gasteiger partial charge on any atom is 0.238 e. The molecule has 0 atom stereocenters. The van der Waals surface area contributed by atoms with Crippen LogP contribution in [0.15, 0.2) is 36.7 Å². The lowest BCUT2D eigenvalue weighted by molar-refractivity contribution is 0.101. The highest BCUT2D eigenvalue weighted by molar-refractivity contribution is 7.09. The molecule has 8 heteroatoms. The van der Waals surface area contributed by atoms with Gasteiger partial charge in [-0.2, -0.15) is 4.37 Å². The number of nitrogens with one attached hydrogen (secondary N) is 2. The summed E-state index contributed by atoms with van der Waals surface area (Å²) in [6.07, 6.45) is 3.34. The fraction of sp³-hybridized carbons (Fsp3) is 0.200. The lowest BCUT2D eigenvalue weighted by atomic mass is 10.1. The first-order chi connectivity index (χ1) is 13.6. The maximum absolute atomic E-state index is 12.8. The van der Waals surface area contributed by atoms with E-state index < -0.39 is 0 Å². The van der Waals surface area contributed by atoms with E-state index >= 15 is 0 Å². The van der Waals surface area contributed by atoms with Crippen molar-refractivity contribution in [2.45, 2.75) is 13.8 Å². The monoisotopic (exact) mass is 393 g/mol. The summed E-state index contributed by atoms with van der Waals surface area (Å²) < 4.78 is 9.48. The van der Waals surface area contributed by atoms with Gasteiger partial charge in [0, 0.05) is 34.6 Å². The van der Waals surface area contributed by atoms with Gasteiger partial charge in [-0.3, -0.25) is 4.79 Å². The summed E-state index contributed by atoms with van der Waals surface area (Å²) in [6.45, 7) is 4.05. The number of hydrogen-bond acceptors (Lipinski definition) is 7. The number of carbonyl (C=O) groups is 1. The molecule has 0 bridgehead atoms. The van der Waals surface area contributed by atoms with Crippen molar-refractivity contribution in [2.75, 3.05) is 19.0 Å². The summed E-state index contributed by atoms with van der Waals surface area (Å²) in [5.41, 5.74) is 4.27. The van der Waals surface area contributed by atoms with Crippen LogP contribution in [0.3, 0.4) is 0 Å². The van der Waals surface area contributed by atoms with E-state index in [1.54, 1.807) is 19.5 Å². The van der Waals surface area contributed by atoms with Crippen LogP contribution in [0, 0.1) is 13.8 Å². The average molecular weight is 393 g/mol. The highest BCUT2D eigenvalue weighted by Gasteiger charge is 2.15. The number of aromatic nitrogens is 4. The molecule has 7 nitrogen and oxygen atoms in total. The summed E-state index contributed by atoms with van der Waals surface area (Å²) in [5, 5.41) is 4.92. The van der Waals surface area contributed by atoms with Gasteiger partial charge in [-0.1, -0.05) is 12.1 Å². The molecule has 0 saturated carbocycles. The minimum absolute atomic E-state index is 0.0175. The minimum atomic E-state index is -0.0175. The van der Waals surface area contributed by atoms with Crippen LogP contribution in [0.4, 0.5) is 5.69 Å². The molecule has 2 N–H and O–H groups in total. The van der Waals surface area contributed by atoms with E-state index in [-0.39, 0.29) is 12.3 Å². The summed E-state index contributed by atoms with van der Waals surface area (Å²) in [4.78, 5) is 24.5. The van der Waals surface area contributed by atoms with Gasteiger partial charge in [0.25, 0.3) is 0 Å². The number of benzene rings is 1. The largest absolute Gasteiger partial charge is 0.479 e. The van der Waals surface area contributed by atoms with E-state index in [9.17, 15) is 4.79 Å². The van der Waals surface area contributed by atoms with Gasteiger partial charge in [0.05, 0.1) is 13.7 Å². The molecule has 3 heterocycles. The topological polar surface area (TPSA) is 92.8 Å². The lowest BCUT2D eigenvalue weighted by Crippen LogP contribution is -2.14. The van der Waals surface area contributed by atoms with E-state index in [0.717, 1.165) is 38.5 Å². The van der Waals surface area contributed by atoms with E-state index in [1.165, 1.54) is 11.5 Å². The molecular weight excluding hydrogens is 374 g/mol. The van der Waals surface area contributed by atoms with Gasteiger partial charge < -0.3 is 15.0 Å². The molecule has 1 aromatic carbocycles. The average Bonchev–Trinajstić information content (AvgIpc) is 3.33. The molecular formula is C20H19N5O2S. The van der Waals surface area contributed by atoms with Crippen molar-refractivity contribution in [1.29, 1.82) is 0 Å². The van der Waals surface area contributed by atoms with Crippen molar-refractivity contribution >= 4 is 33.9 Å². The number of anilines is 1. The zero-order valence-electron chi connectivity index (χ0n) is 15.7. The van der Waals surface area contributed by atoms with Gasteiger partial charge >= 0.3 is 0 Å². The Morgan fingerprint density at radius 2 is 2.14 bits per heavy atom. The molecule has 0 saturated heterocycles. The van der Waals surface area contributed by atoms with Gasteiger partial charge in [-0.25, -0.2) is 9.97 Å². The van der Waals surface area contributed by atoms with Crippen molar-refractivity contribution in [3.63, 3.8) is 0 Å². The third-order valence-corrected chi connectivity index (χ3v) is 5.37. The number of ketones is 1. The van der Waals surface area contributed by atoms with E-state index in [4.69, 9.17) is 4.74 Å². The standard InChI is InChI=1S/C20H19N5O2S/c1-11-4-5-13(20-24-12(2)25-28-20)8-16(11)22-10-17(26)15-9-23-18-14(15)6-7-21-19(18)27-3/h4-9,22-23H,10H2,1-3H3. The van der Waals surface area contributed by atoms with Crippen LogP contribution in [0.25, 0.3) is 21.5 Å². The number of ether oxygens (including phenoxy) is 1. The van der Waals surface area contributed by atoms with Crippen LogP contribution in [0.1, 0.15) is 21.7 Å². The number of hydrogen-bond donors (Lipinski definition) is 2. The summed E-state index contributed by atoms with van der Waals surface area (Å²) in [5.74, 6) is 1.21. The zero-order valence-corrected chi connectivity index (χ0v) is 16.6. The SMILES string of the molecule is COc1nccc2c(C(=O)CNc3cc(-c4nc(C)ns4)ccc3C)c[nH]c12. The Kier molecular flexibility index (Phi) is 4.79. The van der Waals surface area contributed by atoms with Gasteiger partial charge in [0.15, 0.2) is 5.78 Å². The lowest BCUT2D eigenvalue weighted by Gasteiger charge is -2.10. The molecule has 0 aliphatic heterocycles. The minimum Gasteiger partial charge on any atom is -0.479 e. The number of H-pyrrole nitrogens is 1. The number of fused-ring (bicyclic) bond motifs is 1. The number of aromatic amines is 1. The van der Waals surface area contributed by atoms with Gasteiger partial charge in [-0.15, -0.1) is 0 Å². The maximum atomic E-state index is 12.8. The Hall–Kier alpha value is -3.26. The second-order valence-electron chi connectivity index (χ2n) is 6.40. The number of rotatable bonds is 6. The van der Waals surface area contributed by atoms with E-state index in [1.807, 2.05) is 38.1 Å². The van der Waals surface area contributed by atoms with Gasteiger partial charge in [-0.05, 0) is 43.1 Å². The molecule has 0 unspecified atom stereocenters. The third kappa shape index (κ3) is 3.34. The Morgan fingerprint density at radius 3 is 2.89 bits per heavy atom. The van der Waals surface area contributed by atoms with Crippen molar-refractivity contribution < 1.29 is 9.53 Å². The van der Waals surface area contributed by atoms with Crippen LogP contribution in [0.5, 0.6) is 5.88 Å². The summed E-state index contributed by atoms with van der Waals surface area (Å²) in [7, 11) is 1.56. The molecule has 0 aliphatic carbocycles. The second-order valence-corrected chi connectivity index (χ2v) is 7.15. The Labute approximate surface area is 166 Å². The van der Waals surface area contributed by atoms with Crippen LogP contribution in [-0.2, 0) is 0 Å². The number of methoxy groups -OCH3 is 1. The first-order valence-corrected chi connectivity index (χ1v) is 9.52. The van der Waals surface area contributed by atoms with Crippen molar-refractivity contribution in [2.24, 2.45) is 0 Å². The van der Waals surface area contributed by atoms with Crippen LogP contribution >= 0.6 is 11.5 Å². The number of aryl methyl sites for hydroxylation is 2. The van der Waals surface area contributed by atoms with Gasteiger partial charge in [0.1, 0.15) is 16.3 Å². The zero-order chi connectivity index (χ0) is 19.7. The normalized spacial score (nSPS) is 11.0. The molecule has 3 aromatic heterocycles. The molecule has 28 heavy (non-hydrogen) atoms. The second kappa shape index (κ2) is 7.40. The molecule has 0 spiro atoms. The molecule has 0 aliphatic rings. The van der Waals surface area contributed by atoms with Crippen LogP contribution < -0.4 is 10.1 Å². The number of Topliss-reactive ketones (excluding diaryl/α,β-unsaturated/α-hetero) is 1. The Balaban J connectivity index is 1.55. The molecule has 0 radical (unpaired) electrons. The summed E-state index contributed by atoms with van der Waals surface area (Å²) in [6, 6.07) is 7.85.